The Balaban J connectivity index is 1.89. The zero-order chi connectivity index (χ0) is 24.4. The van der Waals surface area contributed by atoms with Gasteiger partial charge in [0.2, 0.25) is 12.0 Å². The predicted molar refractivity (Wildman–Crippen MR) is 120 cm³/mol. The van der Waals surface area contributed by atoms with Crippen LogP contribution in [0.15, 0.2) is 48.5 Å². The number of carbonyl (C=O) groups is 5. The van der Waals surface area contributed by atoms with Crippen molar-refractivity contribution in [2.75, 3.05) is 20.1 Å². The molecule has 4 N–H and O–H groups in total. The van der Waals surface area contributed by atoms with Crippen molar-refractivity contribution >= 4 is 52.9 Å². The molecule has 0 aliphatic heterocycles. The van der Waals surface area contributed by atoms with Gasteiger partial charge in [-0.1, -0.05) is 53.5 Å². The molecular formula is C21H20Cl2N4O6. The van der Waals surface area contributed by atoms with Crippen LogP contribution in [0, 0.1) is 0 Å². The van der Waals surface area contributed by atoms with Crippen LogP contribution in [0.3, 0.4) is 0 Å². The van der Waals surface area contributed by atoms with Crippen LogP contribution in [0.1, 0.15) is 22.0 Å². The number of benzene rings is 2. The standard InChI is InChI=1S/C21H20Cl2N4O6/c1-24-21(32)27-20(31)18(12-5-3-2-4-6-12)33-17(29)11-25-16(28)10-26-19(30)14-8-7-13(22)9-15(14)23/h2-9,18H,10-11H2,1H3,(H,25,28)(H,26,30)(H2,24,27,31,32). The second-order valence-electron chi connectivity index (χ2n) is 6.43. The van der Waals surface area contributed by atoms with Gasteiger partial charge in [0.1, 0.15) is 6.54 Å². The summed E-state index contributed by atoms with van der Waals surface area (Å²) in [7, 11) is 1.32. The van der Waals surface area contributed by atoms with Crippen molar-refractivity contribution < 1.29 is 28.7 Å². The summed E-state index contributed by atoms with van der Waals surface area (Å²) in [5.74, 6) is -3.09. The first-order valence-corrected chi connectivity index (χ1v) is 10.2. The van der Waals surface area contributed by atoms with Gasteiger partial charge in [0.15, 0.2) is 0 Å². The van der Waals surface area contributed by atoms with Crippen LogP contribution in [-0.2, 0) is 19.1 Å². The lowest BCUT2D eigenvalue weighted by atomic mass is 10.1. The number of ether oxygens (including phenoxy) is 1. The lowest BCUT2D eigenvalue weighted by Gasteiger charge is -2.17. The molecule has 0 fully saturated rings. The Hall–Kier alpha value is -3.63. The highest BCUT2D eigenvalue weighted by molar-refractivity contribution is 6.36. The SMILES string of the molecule is CNC(=O)NC(=O)C(OC(=O)CNC(=O)CNC(=O)c1ccc(Cl)cc1Cl)c1ccccc1. The van der Waals surface area contributed by atoms with E-state index in [1.807, 2.05) is 5.32 Å². The van der Waals surface area contributed by atoms with Crippen LogP contribution in [0.25, 0.3) is 0 Å². The summed E-state index contributed by atoms with van der Waals surface area (Å²) in [5.41, 5.74) is 0.451. The second-order valence-corrected chi connectivity index (χ2v) is 7.28. The van der Waals surface area contributed by atoms with Crippen molar-refractivity contribution in [1.82, 2.24) is 21.3 Å². The summed E-state index contributed by atoms with van der Waals surface area (Å²) in [6.45, 7) is -1.02. The molecule has 0 saturated carbocycles. The average Bonchev–Trinajstić information content (AvgIpc) is 2.79. The number of esters is 1. The molecule has 5 amide bonds. The quantitative estimate of drug-likeness (QED) is 0.410. The minimum Gasteiger partial charge on any atom is -0.446 e. The van der Waals surface area contributed by atoms with E-state index in [1.54, 1.807) is 18.2 Å². The number of hydrogen-bond donors (Lipinski definition) is 4. The van der Waals surface area contributed by atoms with Gasteiger partial charge in [-0.25, -0.2) is 4.79 Å². The predicted octanol–water partition coefficient (Wildman–Crippen LogP) is 1.58. The molecule has 0 radical (unpaired) electrons. The van der Waals surface area contributed by atoms with Crippen LogP contribution >= 0.6 is 23.2 Å². The average molecular weight is 495 g/mol. The van der Waals surface area contributed by atoms with Crippen molar-refractivity contribution in [2.45, 2.75) is 6.10 Å². The highest BCUT2D eigenvalue weighted by Gasteiger charge is 2.26. The molecule has 0 aliphatic rings. The van der Waals surface area contributed by atoms with Gasteiger partial charge in [-0.2, -0.15) is 0 Å². The minimum absolute atomic E-state index is 0.117. The second kappa shape index (κ2) is 12.4. The van der Waals surface area contributed by atoms with E-state index >= 15 is 0 Å². The number of imide groups is 1. The first-order chi connectivity index (χ1) is 15.7. The Labute approximate surface area is 199 Å². The summed E-state index contributed by atoms with van der Waals surface area (Å²) < 4.78 is 5.15. The normalized spacial score (nSPS) is 11.0. The lowest BCUT2D eigenvalue weighted by molar-refractivity contribution is -0.155. The third kappa shape index (κ3) is 8.09. The van der Waals surface area contributed by atoms with Crippen molar-refractivity contribution in [2.24, 2.45) is 0 Å². The van der Waals surface area contributed by atoms with Gasteiger partial charge in [-0.3, -0.25) is 24.5 Å². The Morgan fingerprint density at radius 2 is 1.64 bits per heavy atom. The molecule has 10 nitrogen and oxygen atoms in total. The molecule has 174 valence electrons. The molecule has 33 heavy (non-hydrogen) atoms. The lowest BCUT2D eigenvalue weighted by Crippen LogP contribution is -2.43. The van der Waals surface area contributed by atoms with E-state index < -0.39 is 48.9 Å². The van der Waals surface area contributed by atoms with Crippen molar-refractivity contribution in [3.05, 3.63) is 69.7 Å². The molecular weight excluding hydrogens is 475 g/mol. The van der Waals surface area contributed by atoms with E-state index in [4.69, 9.17) is 27.9 Å². The number of nitrogens with one attached hydrogen (secondary N) is 4. The highest BCUT2D eigenvalue weighted by Crippen LogP contribution is 2.20. The molecule has 2 aromatic rings. The maximum atomic E-state index is 12.3. The number of halogens is 2. The van der Waals surface area contributed by atoms with Gasteiger partial charge < -0.3 is 20.7 Å². The Morgan fingerprint density at radius 3 is 2.27 bits per heavy atom. The number of rotatable bonds is 8. The van der Waals surface area contributed by atoms with Crippen LogP contribution < -0.4 is 21.3 Å². The molecule has 12 heteroatoms. The molecule has 0 bridgehead atoms. The van der Waals surface area contributed by atoms with E-state index in [0.717, 1.165) is 0 Å². The van der Waals surface area contributed by atoms with E-state index in [2.05, 4.69) is 16.0 Å². The Kier molecular flexibility index (Phi) is 9.64. The molecule has 0 saturated heterocycles. The third-order valence-electron chi connectivity index (χ3n) is 4.07. The summed E-state index contributed by atoms with van der Waals surface area (Å²) in [6, 6.07) is 11.5. The first kappa shape index (κ1) is 25.6. The highest BCUT2D eigenvalue weighted by atomic mass is 35.5. The van der Waals surface area contributed by atoms with Crippen molar-refractivity contribution in [1.29, 1.82) is 0 Å². The zero-order valence-electron chi connectivity index (χ0n) is 17.3. The minimum atomic E-state index is -1.42. The van der Waals surface area contributed by atoms with Crippen LogP contribution in [0.5, 0.6) is 0 Å². The van der Waals surface area contributed by atoms with Gasteiger partial charge in [-0.15, -0.1) is 0 Å². The Morgan fingerprint density at radius 1 is 0.939 bits per heavy atom. The fourth-order valence-corrected chi connectivity index (χ4v) is 2.97. The summed E-state index contributed by atoms with van der Waals surface area (Å²) >= 11 is 11.7. The molecule has 1 unspecified atom stereocenters. The van der Waals surface area contributed by atoms with Gasteiger partial charge >= 0.3 is 12.0 Å². The monoisotopic (exact) mass is 494 g/mol. The van der Waals surface area contributed by atoms with Gasteiger partial charge in [0.25, 0.3) is 11.8 Å². The number of amides is 5. The number of urea groups is 1. The number of hydrogen-bond acceptors (Lipinski definition) is 6. The largest absolute Gasteiger partial charge is 0.446 e. The molecule has 0 aromatic heterocycles. The number of carbonyl (C=O) groups excluding carboxylic acids is 5. The van der Waals surface area contributed by atoms with Crippen LogP contribution in [-0.4, -0.2) is 49.9 Å². The van der Waals surface area contributed by atoms with Crippen LogP contribution in [0.4, 0.5) is 4.79 Å². The smallest absolute Gasteiger partial charge is 0.326 e. The maximum Gasteiger partial charge on any atom is 0.326 e. The van der Waals surface area contributed by atoms with Gasteiger partial charge in [0.05, 0.1) is 17.1 Å². The van der Waals surface area contributed by atoms with E-state index in [9.17, 15) is 24.0 Å². The van der Waals surface area contributed by atoms with Crippen LogP contribution in [0.2, 0.25) is 10.0 Å². The maximum absolute atomic E-state index is 12.3. The fourth-order valence-electron chi connectivity index (χ4n) is 2.48. The molecule has 0 heterocycles. The fraction of sp³-hybridized carbons (Fsp3) is 0.190. The third-order valence-corrected chi connectivity index (χ3v) is 4.62. The topological polar surface area (TPSA) is 143 Å². The summed E-state index contributed by atoms with van der Waals surface area (Å²) in [5, 5.41) is 9.35. The van der Waals surface area contributed by atoms with Crippen molar-refractivity contribution in [3.63, 3.8) is 0 Å². The van der Waals surface area contributed by atoms with Gasteiger partial charge in [-0.05, 0) is 18.2 Å². The van der Waals surface area contributed by atoms with E-state index in [-0.39, 0.29) is 10.6 Å². The van der Waals surface area contributed by atoms with Gasteiger partial charge in [0, 0.05) is 17.6 Å². The zero-order valence-corrected chi connectivity index (χ0v) is 18.8. The molecule has 0 aliphatic carbocycles. The first-order valence-electron chi connectivity index (χ1n) is 9.48. The van der Waals surface area contributed by atoms with E-state index in [0.29, 0.717) is 10.6 Å². The molecule has 1 atom stereocenters. The molecule has 2 rings (SSSR count). The molecule has 0 spiro atoms. The summed E-state index contributed by atoms with van der Waals surface area (Å²) in [6.07, 6.45) is -1.42. The molecule has 2 aromatic carbocycles. The van der Waals surface area contributed by atoms with Crippen molar-refractivity contribution in [3.8, 4) is 0 Å². The Bertz CT molecular complexity index is 1050. The summed E-state index contributed by atoms with van der Waals surface area (Å²) in [4.78, 5) is 60.1. The van der Waals surface area contributed by atoms with E-state index in [1.165, 1.54) is 37.4 Å².